The van der Waals surface area contributed by atoms with Crippen LogP contribution in [0.4, 0.5) is 14.5 Å². The number of alkyl halides is 1. The summed E-state index contributed by atoms with van der Waals surface area (Å²) in [4.78, 5) is 9.15. The highest BCUT2D eigenvalue weighted by Gasteiger charge is 2.22. The summed E-state index contributed by atoms with van der Waals surface area (Å²) in [5, 5.41) is 10.3. The minimum atomic E-state index is -1.16. The molecule has 0 unspecified atom stereocenters. The third kappa shape index (κ3) is 1.82. The molecule has 0 atom stereocenters. The average molecular weight is 252 g/mol. The Hall–Kier alpha value is -1.04. The van der Waals surface area contributed by atoms with Crippen molar-refractivity contribution < 1.29 is 13.7 Å². The lowest BCUT2D eigenvalue weighted by Crippen LogP contribution is -1.99. The van der Waals surface area contributed by atoms with Crippen LogP contribution in [0.5, 0.6) is 0 Å². The average Bonchev–Trinajstić information content (AvgIpc) is 2.04. The van der Waals surface area contributed by atoms with Gasteiger partial charge in [0.1, 0.15) is 0 Å². The molecule has 3 nitrogen and oxygen atoms in total. The van der Waals surface area contributed by atoms with Gasteiger partial charge in [-0.1, -0.05) is 22.0 Å². The minimum absolute atomic E-state index is 0.0631. The fourth-order valence-electron chi connectivity index (χ4n) is 0.853. The standard InChI is InChI=1S/C7H4BrF2NO2/c8-3-4-1-2-5(9)7(6(4)10)11(12)13/h1-2H,3H2. The molecule has 0 aliphatic heterocycles. The van der Waals surface area contributed by atoms with Crippen molar-refractivity contribution in [2.24, 2.45) is 0 Å². The van der Waals surface area contributed by atoms with Crippen LogP contribution in [0.1, 0.15) is 5.56 Å². The molecule has 13 heavy (non-hydrogen) atoms. The van der Waals surface area contributed by atoms with Gasteiger partial charge in [-0.3, -0.25) is 10.1 Å². The number of hydrogen-bond donors (Lipinski definition) is 0. The second-order valence-electron chi connectivity index (χ2n) is 2.26. The Kier molecular flexibility index (Phi) is 2.92. The van der Waals surface area contributed by atoms with E-state index < -0.39 is 22.2 Å². The van der Waals surface area contributed by atoms with Crippen LogP contribution in [0.15, 0.2) is 12.1 Å². The molecule has 0 saturated heterocycles. The van der Waals surface area contributed by atoms with E-state index in [0.717, 1.165) is 12.1 Å². The highest BCUT2D eigenvalue weighted by Crippen LogP contribution is 2.25. The maximum absolute atomic E-state index is 13.1. The minimum Gasteiger partial charge on any atom is -0.258 e. The van der Waals surface area contributed by atoms with Gasteiger partial charge in [-0.05, 0) is 6.07 Å². The molecule has 1 rings (SSSR count). The van der Waals surface area contributed by atoms with Crippen molar-refractivity contribution in [1.29, 1.82) is 0 Å². The summed E-state index contributed by atoms with van der Waals surface area (Å²) in [6.45, 7) is 0. The Balaban J connectivity index is 3.38. The summed E-state index contributed by atoms with van der Waals surface area (Å²) in [5.41, 5.74) is -1.04. The molecule has 0 heterocycles. The van der Waals surface area contributed by atoms with Gasteiger partial charge in [0.25, 0.3) is 0 Å². The van der Waals surface area contributed by atoms with Crippen LogP contribution in [0.3, 0.4) is 0 Å². The summed E-state index contributed by atoms with van der Waals surface area (Å²) in [7, 11) is 0. The van der Waals surface area contributed by atoms with E-state index in [0.29, 0.717) is 0 Å². The lowest BCUT2D eigenvalue weighted by molar-refractivity contribution is -0.390. The second-order valence-corrected chi connectivity index (χ2v) is 2.82. The monoisotopic (exact) mass is 251 g/mol. The number of halogens is 3. The molecule has 0 aliphatic carbocycles. The van der Waals surface area contributed by atoms with Crippen molar-refractivity contribution >= 4 is 21.6 Å². The Labute approximate surface area is 80.6 Å². The smallest absolute Gasteiger partial charge is 0.258 e. The zero-order valence-corrected chi connectivity index (χ0v) is 7.85. The van der Waals surface area contributed by atoms with Crippen molar-refractivity contribution in [3.63, 3.8) is 0 Å². The molecule has 0 bridgehead atoms. The largest absolute Gasteiger partial charge is 0.340 e. The Morgan fingerprint density at radius 1 is 1.46 bits per heavy atom. The highest BCUT2D eigenvalue weighted by molar-refractivity contribution is 9.08. The maximum atomic E-state index is 13.1. The molecule has 0 fully saturated rings. The first-order chi connectivity index (χ1) is 6.07. The molecule has 1 aromatic rings. The SMILES string of the molecule is O=[N+]([O-])c1c(F)ccc(CBr)c1F. The molecular formula is C7H4BrF2NO2. The fourth-order valence-corrected chi connectivity index (χ4v) is 1.29. The zero-order chi connectivity index (χ0) is 10.0. The van der Waals surface area contributed by atoms with Crippen LogP contribution in [-0.4, -0.2) is 4.92 Å². The molecule has 0 aliphatic rings. The summed E-state index contributed by atoms with van der Waals surface area (Å²) >= 11 is 2.93. The van der Waals surface area contributed by atoms with E-state index in [1.807, 2.05) is 0 Å². The number of nitro benzene ring substituents is 1. The van der Waals surface area contributed by atoms with Gasteiger partial charge in [0, 0.05) is 10.9 Å². The van der Waals surface area contributed by atoms with Crippen LogP contribution in [-0.2, 0) is 5.33 Å². The van der Waals surface area contributed by atoms with Crippen molar-refractivity contribution in [1.82, 2.24) is 0 Å². The van der Waals surface area contributed by atoms with Crippen LogP contribution in [0.2, 0.25) is 0 Å². The lowest BCUT2D eigenvalue weighted by Gasteiger charge is -1.99. The third-order valence-electron chi connectivity index (χ3n) is 1.47. The van der Waals surface area contributed by atoms with Crippen molar-refractivity contribution in [2.75, 3.05) is 0 Å². The highest BCUT2D eigenvalue weighted by atomic mass is 79.9. The predicted octanol–water partition coefficient (Wildman–Crippen LogP) is 2.77. The maximum Gasteiger partial charge on any atom is 0.340 e. The van der Waals surface area contributed by atoms with E-state index in [2.05, 4.69) is 15.9 Å². The molecule has 0 aromatic heterocycles. The van der Waals surface area contributed by atoms with Crippen LogP contribution in [0.25, 0.3) is 0 Å². The van der Waals surface area contributed by atoms with Gasteiger partial charge >= 0.3 is 5.69 Å². The number of nitrogens with zero attached hydrogens (tertiary/aromatic N) is 1. The van der Waals surface area contributed by atoms with E-state index in [-0.39, 0.29) is 10.9 Å². The van der Waals surface area contributed by atoms with E-state index in [1.54, 1.807) is 0 Å². The van der Waals surface area contributed by atoms with Gasteiger partial charge in [-0.25, -0.2) is 0 Å². The van der Waals surface area contributed by atoms with Gasteiger partial charge < -0.3 is 0 Å². The number of benzene rings is 1. The van der Waals surface area contributed by atoms with E-state index in [4.69, 9.17) is 0 Å². The van der Waals surface area contributed by atoms with Crippen molar-refractivity contribution in [2.45, 2.75) is 5.33 Å². The predicted molar refractivity (Wildman–Crippen MR) is 45.6 cm³/mol. The number of rotatable bonds is 2. The molecule has 0 amide bonds. The van der Waals surface area contributed by atoms with Gasteiger partial charge in [-0.2, -0.15) is 8.78 Å². The summed E-state index contributed by atoms with van der Waals surface area (Å²) in [6, 6.07) is 2.03. The molecule has 0 saturated carbocycles. The summed E-state index contributed by atoms with van der Waals surface area (Å²) in [5.74, 6) is -2.28. The van der Waals surface area contributed by atoms with Crippen molar-refractivity contribution in [3.05, 3.63) is 39.4 Å². The van der Waals surface area contributed by atoms with Crippen molar-refractivity contribution in [3.8, 4) is 0 Å². The fraction of sp³-hybridized carbons (Fsp3) is 0.143. The Morgan fingerprint density at radius 3 is 2.54 bits per heavy atom. The van der Waals surface area contributed by atoms with Crippen LogP contribution >= 0.6 is 15.9 Å². The van der Waals surface area contributed by atoms with Gasteiger partial charge in [-0.15, -0.1) is 0 Å². The first kappa shape index (κ1) is 10.0. The molecule has 1 aromatic carbocycles. The quantitative estimate of drug-likeness (QED) is 0.461. The first-order valence-corrected chi connectivity index (χ1v) is 4.37. The van der Waals surface area contributed by atoms with Crippen LogP contribution < -0.4 is 0 Å². The van der Waals surface area contributed by atoms with Gasteiger partial charge in [0.05, 0.1) is 4.92 Å². The van der Waals surface area contributed by atoms with E-state index in [9.17, 15) is 18.9 Å². The first-order valence-electron chi connectivity index (χ1n) is 3.25. The molecule has 0 spiro atoms. The number of nitro groups is 1. The number of hydrogen-bond acceptors (Lipinski definition) is 2. The topological polar surface area (TPSA) is 43.1 Å². The molecule has 70 valence electrons. The Morgan fingerprint density at radius 2 is 2.08 bits per heavy atom. The molecular weight excluding hydrogens is 248 g/mol. The van der Waals surface area contributed by atoms with Gasteiger partial charge in [0.15, 0.2) is 0 Å². The second kappa shape index (κ2) is 3.78. The van der Waals surface area contributed by atoms with Crippen LogP contribution in [0, 0.1) is 21.7 Å². The molecule has 0 radical (unpaired) electrons. The van der Waals surface area contributed by atoms with E-state index in [1.165, 1.54) is 0 Å². The zero-order valence-electron chi connectivity index (χ0n) is 6.26. The third-order valence-corrected chi connectivity index (χ3v) is 2.08. The molecule has 0 N–H and O–H groups in total. The summed E-state index contributed by atoms with van der Waals surface area (Å²) < 4.78 is 25.8. The molecule has 6 heteroatoms. The summed E-state index contributed by atoms with van der Waals surface area (Å²) in [6.07, 6.45) is 0. The normalized spacial score (nSPS) is 10.1. The van der Waals surface area contributed by atoms with Gasteiger partial charge in [0.2, 0.25) is 11.6 Å². The Bertz CT molecular complexity index is 357. The van der Waals surface area contributed by atoms with E-state index >= 15 is 0 Å². The lowest BCUT2D eigenvalue weighted by atomic mass is 10.2.